The largest absolute Gasteiger partial charge is 0.353 e. The van der Waals surface area contributed by atoms with Crippen LogP contribution in [0.1, 0.15) is 71.1 Å². The summed E-state index contributed by atoms with van der Waals surface area (Å²) in [7, 11) is 1.96. The Balaban J connectivity index is 1.86. The number of hydrogen-bond donors (Lipinski definition) is 1. The van der Waals surface area contributed by atoms with E-state index >= 15 is 0 Å². The van der Waals surface area contributed by atoms with Crippen molar-refractivity contribution in [1.82, 2.24) is 9.88 Å². The highest BCUT2D eigenvalue weighted by atomic mass is 16.1. The van der Waals surface area contributed by atoms with Gasteiger partial charge in [0.15, 0.2) is 6.54 Å². The van der Waals surface area contributed by atoms with Gasteiger partial charge in [-0.05, 0) is 6.42 Å². The normalized spacial score (nSPS) is 10.8. The number of imidazole rings is 1. The van der Waals surface area contributed by atoms with Gasteiger partial charge >= 0.3 is 0 Å². The summed E-state index contributed by atoms with van der Waals surface area (Å²) in [6.07, 6.45) is 19.0. The molecule has 0 aromatic carbocycles. The molecule has 0 aliphatic carbocycles. The van der Waals surface area contributed by atoms with E-state index in [2.05, 4.69) is 12.2 Å². The molecule has 0 saturated carbocycles. The smallest absolute Gasteiger partial charge is 0.262 e. The highest BCUT2D eigenvalue weighted by Gasteiger charge is 2.06. The molecule has 126 valence electrons. The van der Waals surface area contributed by atoms with E-state index in [-0.39, 0.29) is 5.91 Å². The Morgan fingerprint density at radius 3 is 2.14 bits per heavy atom. The lowest BCUT2D eigenvalue weighted by atomic mass is 10.1. The first-order valence-corrected chi connectivity index (χ1v) is 9.00. The molecule has 0 spiro atoms. The van der Waals surface area contributed by atoms with Crippen molar-refractivity contribution in [2.24, 2.45) is 7.05 Å². The van der Waals surface area contributed by atoms with Crippen molar-refractivity contribution in [3.8, 4) is 0 Å². The second kappa shape index (κ2) is 12.2. The maximum absolute atomic E-state index is 11.7. The fourth-order valence-electron chi connectivity index (χ4n) is 2.66. The number of amides is 1. The lowest BCUT2D eigenvalue weighted by molar-refractivity contribution is -0.671. The van der Waals surface area contributed by atoms with Crippen LogP contribution >= 0.6 is 0 Å². The molecular formula is C18H34N3O+. The zero-order valence-corrected chi connectivity index (χ0v) is 14.5. The quantitative estimate of drug-likeness (QED) is 0.440. The predicted molar refractivity (Wildman–Crippen MR) is 90.5 cm³/mol. The van der Waals surface area contributed by atoms with Crippen molar-refractivity contribution in [3.63, 3.8) is 0 Å². The molecule has 0 radical (unpaired) electrons. The standard InChI is InChI=1S/C18H33N3O/c1-3-4-5-6-7-8-9-10-11-12-13-19-18(22)16-21-15-14-20(2)17-21/h14-15,17H,3-13,16H2,1-2H3/p+1. The van der Waals surface area contributed by atoms with Gasteiger partial charge in [0, 0.05) is 6.54 Å². The number of carbonyl (C=O) groups is 1. The van der Waals surface area contributed by atoms with Gasteiger partial charge in [-0.3, -0.25) is 4.79 Å². The number of aryl methyl sites for hydroxylation is 1. The van der Waals surface area contributed by atoms with Crippen LogP contribution in [0.3, 0.4) is 0 Å². The van der Waals surface area contributed by atoms with Crippen molar-refractivity contribution in [2.45, 2.75) is 77.7 Å². The van der Waals surface area contributed by atoms with Crippen LogP contribution in [0, 0.1) is 0 Å². The minimum Gasteiger partial charge on any atom is -0.353 e. The summed E-state index contributed by atoms with van der Waals surface area (Å²) >= 11 is 0. The molecule has 1 aromatic rings. The summed E-state index contributed by atoms with van der Waals surface area (Å²) < 4.78 is 3.84. The number of unbranched alkanes of at least 4 members (excludes halogenated alkanes) is 9. The number of aromatic nitrogens is 2. The molecule has 1 rings (SSSR count). The van der Waals surface area contributed by atoms with Gasteiger partial charge in [0.05, 0.1) is 7.05 Å². The third kappa shape index (κ3) is 9.59. The summed E-state index contributed by atoms with van der Waals surface area (Å²) in [5.41, 5.74) is 0. The molecule has 0 aliphatic heterocycles. The van der Waals surface area contributed by atoms with Crippen molar-refractivity contribution < 1.29 is 9.36 Å². The second-order valence-electron chi connectivity index (χ2n) is 6.28. The fourth-order valence-corrected chi connectivity index (χ4v) is 2.66. The van der Waals surface area contributed by atoms with Gasteiger partial charge < -0.3 is 5.32 Å². The van der Waals surface area contributed by atoms with Gasteiger partial charge in [-0.2, -0.15) is 0 Å². The highest BCUT2D eigenvalue weighted by Crippen LogP contribution is 2.10. The number of carbonyl (C=O) groups excluding carboxylic acids is 1. The molecule has 1 N–H and O–H groups in total. The topological polar surface area (TPSA) is 37.9 Å². The molecule has 22 heavy (non-hydrogen) atoms. The fraction of sp³-hybridized carbons (Fsp3) is 0.778. The molecule has 0 unspecified atom stereocenters. The van der Waals surface area contributed by atoms with Gasteiger partial charge in [-0.25, -0.2) is 9.13 Å². The average molecular weight is 308 g/mol. The summed E-state index contributed by atoms with van der Waals surface area (Å²) in [5.74, 6) is 0.104. The first kappa shape index (κ1) is 18.7. The molecule has 0 saturated heterocycles. The summed E-state index contributed by atoms with van der Waals surface area (Å²) in [6, 6.07) is 0. The molecular weight excluding hydrogens is 274 g/mol. The van der Waals surface area contributed by atoms with E-state index in [0.29, 0.717) is 6.54 Å². The monoisotopic (exact) mass is 308 g/mol. The molecule has 0 atom stereocenters. The van der Waals surface area contributed by atoms with Crippen LogP contribution in [-0.2, 0) is 18.4 Å². The first-order chi connectivity index (χ1) is 10.7. The van der Waals surface area contributed by atoms with E-state index in [1.54, 1.807) is 0 Å². The number of hydrogen-bond acceptors (Lipinski definition) is 1. The van der Waals surface area contributed by atoms with E-state index in [4.69, 9.17) is 0 Å². The van der Waals surface area contributed by atoms with Gasteiger partial charge in [0.1, 0.15) is 12.4 Å². The SMILES string of the molecule is CCCCCCCCCCCCNC(=O)Cn1cc[n+](C)c1. The Hall–Kier alpha value is -1.32. The van der Waals surface area contributed by atoms with Crippen molar-refractivity contribution in [3.05, 3.63) is 18.7 Å². The maximum Gasteiger partial charge on any atom is 0.262 e. The lowest BCUT2D eigenvalue weighted by Gasteiger charge is -2.04. The highest BCUT2D eigenvalue weighted by molar-refractivity contribution is 5.75. The van der Waals surface area contributed by atoms with Gasteiger partial charge in [-0.1, -0.05) is 64.7 Å². The van der Waals surface area contributed by atoms with E-state index in [9.17, 15) is 4.79 Å². The maximum atomic E-state index is 11.7. The van der Waals surface area contributed by atoms with Crippen molar-refractivity contribution in [1.29, 1.82) is 0 Å². The first-order valence-electron chi connectivity index (χ1n) is 9.00. The molecule has 1 amide bonds. The van der Waals surface area contributed by atoms with Crippen LogP contribution in [0.15, 0.2) is 18.7 Å². The van der Waals surface area contributed by atoms with Crippen molar-refractivity contribution in [2.75, 3.05) is 6.54 Å². The Morgan fingerprint density at radius 1 is 1.00 bits per heavy atom. The number of nitrogens with one attached hydrogen (secondary N) is 1. The third-order valence-corrected chi connectivity index (χ3v) is 4.00. The van der Waals surface area contributed by atoms with Gasteiger partial charge in [0.2, 0.25) is 6.33 Å². The Morgan fingerprint density at radius 2 is 1.59 bits per heavy atom. The summed E-state index contributed by atoms with van der Waals surface area (Å²) in [6.45, 7) is 3.48. The van der Waals surface area contributed by atoms with E-state index in [0.717, 1.165) is 13.0 Å². The molecule has 1 heterocycles. The van der Waals surface area contributed by atoms with Crippen molar-refractivity contribution >= 4 is 5.91 Å². The van der Waals surface area contributed by atoms with Gasteiger partial charge in [0.25, 0.3) is 5.91 Å². The van der Waals surface area contributed by atoms with E-state index < -0.39 is 0 Å². The molecule has 0 bridgehead atoms. The van der Waals surface area contributed by atoms with E-state index in [1.807, 2.05) is 34.9 Å². The van der Waals surface area contributed by atoms with Crippen LogP contribution in [0.2, 0.25) is 0 Å². The van der Waals surface area contributed by atoms with Crippen LogP contribution in [0.5, 0.6) is 0 Å². The van der Waals surface area contributed by atoms with Crippen LogP contribution in [0.4, 0.5) is 0 Å². The zero-order chi connectivity index (χ0) is 16.0. The molecule has 4 nitrogen and oxygen atoms in total. The van der Waals surface area contributed by atoms with Crippen LogP contribution in [0.25, 0.3) is 0 Å². The molecule has 1 aromatic heterocycles. The number of rotatable bonds is 13. The molecule has 4 heteroatoms. The van der Waals surface area contributed by atoms with Gasteiger partial charge in [-0.15, -0.1) is 0 Å². The lowest BCUT2D eigenvalue weighted by Crippen LogP contribution is -2.29. The number of nitrogens with zero attached hydrogens (tertiary/aromatic N) is 2. The Kier molecular flexibility index (Phi) is 10.4. The summed E-state index contributed by atoms with van der Waals surface area (Å²) in [4.78, 5) is 11.7. The Bertz CT molecular complexity index is 401. The van der Waals surface area contributed by atoms with Crippen LogP contribution < -0.4 is 9.88 Å². The molecule has 0 aliphatic rings. The predicted octanol–water partition coefficient (Wildman–Crippen LogP) is 3.35. The zero-order valence-electron chi connectivity index (χ0n) is 14.5. The third-order valence-electron chi connectivity index (χ3n) is 4.00. The Labute approximate surface area is 135 Å². The average Bonchev–Trinajstić information content (AvgIpc) is 2.90. The minimum atomic E-state index is 0.104. The van der Waals surface area contributed by atoms with Crippen LogP contribution in [-0.4, -0.2) is 17.0 Å². The second-order valence-corrected chi connectivity index (χ2v) is 6.28. The summed E-state index contributed by atoms with van der Waals surface area (Å²) in [5, 5.41) is 3.00. The minimum absolute atomic E-state index is 0.104. The van der Waals surface area contributed by atoms with E-state index in [1.165, 1.54) is 57.8 Å². The molecule has 0 fully saturated rings.